The largest absolute Gasteiger partial charge is 0.497 e. The first-order valence-electron chi connectivity index (χ1n) is 11.8. The Bertz CT molecular complexity index is 651. The molecule has 2 fully saturated rings. The standard InChI is InChI=1S/C24H41N5O/c1-4-12-28-15-10-20(11-16-28)18-26-24(25-2)27-19-23(29-13-5-6-14-29)21-8-7-9-22(17-21)30-3/h7-9,17,20,23H,4-6,10-16,18-19H2,1-3H3,(H2,25,26,27). The molecule has 6 nitrogen and oxygen atoms in total. The number of piperidine rings is 1. The van der Waals surface area contributed by atoms with Crippen LogP contribution in [0.1, 0.15) is 50.6 Å². The number of hydrogen-bond donors (Lipinski definition) is 2. The smallest absolute Gasteiger partial charge is 0.191 e. The highest BCUT2D eigenvalue weighted by Gasteiger charge is 2.24. The zero-order chi connectivity index (χ0) is 21.2. The second-order valence-electron chi connectivity index (χ2n) is 8.65. The fraction of sp³-hybridized carbons (Fsp3) is 0.708. The summed E-state index contributed by atoms with van der Waals surface area (Å²) in [5.74, 6) is 2.58. The molecule has 0 aromatic heterocycles. The molecule has 0 spiro atoms. The predicted octanol–water partition coefficient (Wildman–Crippen LogP) is 3.12. The molecule has 2 heterocycles. The number of hydrogen-bond acceptors (Lipinski definition) is 4. The van der Waals surface area contributed by atoms with E-state index < -0.39 is 0 Å². The van der Waals surface area contributed by atoms with Gasteiger partial charge in [0.05, 0.1) is 13.2 Å². The quantitative estimate of drug-likeness (QED) is 0.479. The van der Waals surface area contributed by atoms with Crippen LogP contribution in [0.4, 0.5) is 0 Å². The topological polar surface area (TPSA) is 52.1 Å². The van der Waals surface area contributed by atoms with E-state index in [2.05, 4.69) is 50.5 Å². The number of nitrogens with one attached hydrogen (secondary N) is 2. The van der Waals surface area contributed by atoms with Gasteiger partial charge in [0.2, 0.25) is 0 Å². The minimum Gasteiger partial charge on any atom is -0.497 e. The van der Waals surface area contributed by atoms with Crippen molar-refractivity contribution in [1.29, 1.82) is 0 Å². The van der Waals surface area contributed by atoms with Crippen molar-refractivity contribution in [3.8, 4) is 5.75 Å². The lowest BCUT2D eigenvalue weighted by atomic mass is 9.97. The number of ether oxygens (including phenoxy) is 1. The average Bonchev–Trinajstić information content (AvgIpc) is 3.32. The van der Waals surface area contributed by atoms with Crippen LogP contribution in [0, 0.1) is 5.92 Å². The Balaban J connectivity index is 1.52. The van der Waals surface area contributed by atoms with Crippen molar-refractivity contribution in [3.63, 3.8) is 0 Å². The van der Waals surface area contributed by atoms with Gasteiger partial charge in [0.1, 0.15) is 5.75 Å². The van der Waals surface area contributed by atoms with Crippen molar-refractivity contribution in [2.45, 2.75) is 45.1 Å². The van der Waals surface area contributed by atoms with Crippen molar-refractivity contribution in [2.24, 2.45) is 10.9 Å². The first-order chi connectivity index (χ1) is 14.7. The molecule has 168 valence electrons. The third-order valence-corrected chi connectivity index (χ3v) is 6.55. The zero-order valence-electron chi connectivity index (χ0n) is 19.2. The molecule has 3 rings (SSSR count). The summed E-state index contributed by atoms with van der Waals surface area (Å²) in [6.07, 6.45) is 6.38. The maximum atomic E-state index is 5.46. The molecule has 2 N–H and O–H groups in total. The van der Waals surface area contributed by atoms with Crippen LogP contribution >= 0.6 is 0 Å². The number of aliphatic imine (C=N–C) groups is 1. The molecule has 6 heteroatoms. The summed E-state index contributed by atoms with van der Waals surface area (Å²) in [6.45, 7) is 10.2. The minimum absolute atomic E-state index is 0.332. The van der Waals surface area contributed by atoms with Gasteiger partial charge in [-0.2, -0.15) is 0 Å². The lowest BCUT2D eigenvalue weighted by Crippen LogP contribution is -2.45. The molecular weight excluding hydrogens is 374 g/mol. The summed E-state index contributed by atoms with van der Waals surface area (Å²) < 4.78 is 5.46. The number of rotatable bonds is 9. The molecule has 0 amide bonds. The first kappa shape index (κ1) is 22.9. The predicted molar refractivity (Wildman–Crippen MR) is 125 cm³/mol. The molecule has 1 aromatic rings. The molecule has 2 saturated heterocycles. The van der Waals surface area contributed by atoms with Gasteiger partial charge in [0.15, 0.2) is 5.96 Å². The van der Waals surface area contributed by atoms with Gasteiger partial charge in [-0.3, -0.25) is 9.89 Å². The molecule has 2 aliphatic heterocycles. The highest BCUT2D eigenvalue weighted by molar-refractivity contribution is 5.79. The van der Waals surface area contributed by atoms with E-state index in [1.165, 1.54) is 57.3 Å². The van der Waals surface area contributed by atoms with Gasteiger partial charge < -0.3 is 20.3 Å². The molecule has 30 heavy (non-hydrogen) atoms. The SMILES string of the molecule is CCCN1CCC(CNC(=NC)NCC(c2cccc(OC)c2)N2CCCC2)CC1. The van der Waals surface area contributed by atoms with Gasteiger partial charge in [0, 0.05) is 20.1 Å². The summed E-state index contributed by atoms with van der Waals surface area (Å²) in [4.78, 5) is 9.66. The van der Waals surface area contributed by atoms with E-state index in [0.29, 0.717) is 6.04 Å². The maximum Gasteiger partial charge on any atom is 0.191 e. The third kappa shape index (κ3) is 6.61. The maximum absolute atomic E-state index is 5.46. The van der Waals surface area contributed by atoms with Gasteiger partial charge in [-0.1, -0.05) is 19.1 Å². The van der Waals surface area contributed by atoms with E-state index >= 15 is 0 Å². The molecule has 0 saturated carbocycles. The van der Waals surface area contributed by atoms with Gasteiger partial charge >= 0.3 is 0 Å². The summed E-state index contributed by atoms with van der Waals surface area (Å²) in [5, 5.41) is 7.18. The second-order valence-corrected chi connectivity index (χ2v) is 8.65. The van der Waals surface area contributed by atoms with Crippen molar-refractivity contribution >= 4 is 5.96 Å². The molecule has 1 unspecified atom stereocenters. The molecule has 0 bridgehead atoms. The Hall–Kier alpha value is -1.79. The average molecular weight is 416 g/mol. The molecule has 0 aliphatic carbocycles. The monoisotopic (exact) mass is 415 g/mol. The Morgan fingerprint density at radius 3 is 2.60 bits per heavy atom. The van der Waals surface area contributed by atoms with Crippen molar-refractivity contribution < 1.29 is 4.74 Å². The number of nitrogens with zero attached hydrogens (tertiary/aromatic N) is 3. The van der Waals surface area contributed by atoms with E-state index in [1.54, 1.807) is 7.11 Å². The van der Waals surface area contributed by atoms with Crippen LogP contribution in [0.3, 0.4) is 0 Å². The van der Waals surface area contributed by atoms with Crippen LogP contribution in [-0.4, -0.2) is 75.7 Å². The number of guanidine groups is 1. The normalized spacial score (nSPS) is 20.3. The van der Waals surface area contributed by atoms with Crippen LogP contribution in [0.25, 0.3) is 0 Å². The number of likely N-dealkylation sites (tertiary alicyclic amines) is 2. The van der Waals surface area contributed by atoms with Crippen LogP contribution in [-0.2, 0) is 0 Å². The Morgan fingerprint density at radius 2 is 1.93 bits per heavy atom. The number of methoxy groups -OCH3 is 1. The van der Waals surface area contributed by atoms with Gasteiger partial charge in [0.25, 0.3) is 0 Å². The van der Waals surface area contributed by atoms with Crippen molar-refractivity contribution in [3.05, 3.63) is 29.8 Å². The van der Waals surface area contributed by atoms with Crippen LogP contribution < -0.4 is 15.4 Å². The van der Waals surface area contributed by atoms with Crippen LogP contribution in [0.5, 0.6) is 5.75 Å². The minimum atomic E-state index is 0.332. The van der Waals surface area contributed by atoms with Crippen LogP contribution in [0.15, 0.2) is 29.3 Å². The van der Waals surface area contributed by atoms with Crippen molar-refractivity contribution in [2.75, 3.05) is 60.0 Å². The summed E-state index contributed by atoms with van der Waals surface area (Å²) in [5.41, 5.74) is 1.31. The first-order valence-corrected chi connectivity index (χ1v) is 11.8. The lowest BCUT2D eigenvalue weighted by molar-refractivity contribution is 0.185. The molecular formula is C24H41N5O. The van der Waals surface area contributed by atoms with E-state index in [9.17, 15) is 0 Å². The van der Waals surface area contributed by atoms with E-state index in [-0.39, 0.29) is 0 Å². The fourth-order valence-electron chi connectivity index (χ4n) is 4.75. The van der Waals surface area contributed by atoms with E-state index in [1.807, 2.05) is 13.1 Å². The van der Waals surface area contributed by atoms with Gasteiger partial charge in [-0.05, 0) is 88.4 Å². The molecule has 0 radical (unpaired) electrons. The Kier molecular flexibility index (Phi) is 9.27. The van der Waals surface area contributed by atoms with E-state index in [4.69, 9.17) is 4.74 Å². The van der Waals surface area contributed by atoms with Crippen LogP contribution in [0.2, 0.25) is 0 Å². The summed E-state index contributed by atoms with van der Waals surface area (Å²) in [6, 6.07) is 8.83. The molecule has 1 atom stereocenters. The van der Waals surface area contributed by atoms with Gasteiger partial charge in [-0.15, -0.1) is 0 Å². The summed E-state index contributed by atoms with van der Waals surface area (Å²) >= 11 is 0. The zero-order valence-corrected chi connectivity index (χ0v) is 19.2. The second kappa shape index (κ2) is 12.2. The summed E-state index contributed by atoms with van der Waals surface area (Å²) in [7, 11) is 3.61. The Labute approximate surface area is 183 Å². The van der Waals surface area contributed by atoms with Gasteiger partial charge in [-0.25, -0.2) is 0 Å². The number of benzene rings is 1. The Morgan fingerprint density at radius 1 is 1.17 bits per heavy atom. The van der Waals surface area contributed by atoms with Crippen molar-refractivity contribution in [1.82, 2.24) is 20.4 Å². The highest BCUT2D eigenvalue weighted by atomic mass is 16.5. The lowest BCUT2D eigenvalue weighted by Gasteiger charge is -2.32. The highest BCUT2D eigenvalue weighted by Crippen LogP contribution is 2.27. The van der Waals surface area contributed by atoms with E-state index in [0.717, 1.165) is 43.8 Å². The third-order valence-electron chi connectivity index (χ3n) is 6.55. The molecule has 2 aliphatic rings. The fourth-order valence-corrected chi connectivity index (χ4v) is 4.75. The molecule has 1 aromatic carbocycles.